The molecule has 0 aliphatic carbocycles. The number of H-pyrrole nitrogens is 1. The van der Waals surface area contributed by atoms with Crippen molar-refractivity contribution in [2.75, 3.05) is 0 Å². The lowest BCUT2D eigenvalue weighted by Crippen LogP contribution is -2.42. The molecule has 1 amide bonds. The molecule has 1 aromatic heterocycles. The average Bonchev–Trinajstić information content (AvgIpc) is 2.17. The first kappa shape index (κ1) is 11.0. The van der Waals surface area contributed by atoms with Crippen LogP contribution in [-0.4, -0.2) is 16.4 Å². The molecule has 0 aromatic carbocycles. The molecule has 0 saturated heterocycles. The number of pyridine rings is 1. The van der Waals surface area contributed by atoms with Crippen molar-refractivity contribution in [3.8, 4) is 6.07 Å². The van der Waals surface area contributed by atoms with E-state index in [2.05, 4.69) is 10.3 Å². The van der Waals surface area contributed by atoms with Crippen LogP contribution in [0, 0.1) is 11.3 Å². The number of nitriles is 1. The quantitative estimate of drug-likeness (QED) is 0.733. The maximum Gasteiger partial charge on any atom is 0.269 e. The molecule has 0 bridgehead atoms. The van der Waals surface area contributed by atoms with Gasteiger partial charge in [0.15, 0.2) is 0 Å². The third kappa shape index (κ3) is 2.95. The number of carbonyl (C=O) groups is 1. The molecule has 0 radical (unpaired) electrons. The Balaban J connectivity index is 2.89. The van der Waals surface area contributed by atoms with Crippen molar-refractivity contribution >= 4 is 5.91 Å². The molecule has 0 aliphatic heterocycles. The third-order valence-corrected chi connectivity index (χ3v) is 1.72. The van der Waals surface area contributed by atoms with Gasteiger partial charge in [0, 0.05) is 6.07 Å². The molecule has 78 valence electrons. The average molecular weight is 205 g/mol. The smallest absolute Gasteiger partial charge is 0.269 e. The van der Waals surface area contributed by atoms with Crippen molar-refractivity contribution in [3.63, 3.8) is 0 Å². The van der Waals surface area contributed by atoms with Gasteiger partial charge in [-0.05, 0) is 19.9 Å². The van der Waals surface area contributed by atoms with E-state index < -0.39 is 11.4 Å². The maximum absolute atomic E-state index is 11.5. The lowest BCUT2D eigenvalue weighted by atomic mass is 10.1. The minimum atomic E-state index is -0.955. The highest BCUT2D eigenvalue weighted by molar-refractivity contribution is 5.92. The molecule has 5 nitrogen and oxygen atoms in total. The van der Waals surface area contributed by atoms with Crippen LogP contribution in [0.4, 0.5) is 0 Å². The Morgan fingerprint density at radius 1 is 1.53 bits per heavy atom. The Morgan fingerprint density at radius 3 is 2.73 bits per heavy atom. The standard InChI is InChI=1S/C10H11N3O2/c1-10(2,6-11)13-9(15)7-4-3-5-8(14)12-7/h3-5H,1-2H3,(H,12,14)(H,13,15). The van der Waals surface area contributed by atoms with E-state index in [9.17, 15) is 9.59 Å². The Kier molecular flexibility index (Phi) is 2.90. The van der Waals surface area contributed by atoms with Crippen LogP contribution in [0.2, 0.25) is 0 Å². The van der Waals surface area contributed by atoms with E-state index in [0.717, 1.165) is 0 Å². The molecule has 1 heterocycles. The Labute approximate surface area is 86.7 Å². The zero-order chi connectivity index (χ0) is 11.5. The van der Waals surface area contributed by atoms with Gasteiger partial charge in [0.1, 0.15) is 11.2 Å². The molecule has 0 atom stereocenters. The van der Waals surface area contributed by atoms with E-state index in [-0.39, 0.29) is 11.3 Å². The van der Waals surface area contributed by atoms with Gasteiger partial charge in [-0.15, -0.1) is 0 Å². The van der Waals surface area contributed by atoms with Crippen molar-refractivity contribution in [1.29, 1.82) is 5.26 Å². The normalized spacial score (nSPS) is 10.5. The second-order valence-electron chi connectivity index (χ2n) is 3.62. The first-order chi connectivity index (χ1) is 6.94. The second-order valence-corrected chi connectivity index (χ2v) is 3.62. The molecular weight excluding hydrogens is 194 g/mol. The van der Waals surface area contributed by atoms with Crippen LogP contribution >= 0.6 is 0 Å². The molecule has 0 spiro atoms. The zero-order valence-corrected chi connectivity index (χ0v) is 8.50. The monoisotopic (exact) mass is 205 g/mol. The molecule has 0 saturated carbocycles. The van der Waals surface area contributed by atoms with Crippen LogP contribution < -0.4 is 10.9 Å². The molecular formula is C10H11N3O2. The number of carbonyl (C=O) groups excluding carboxylic acids is 1. The highest BCUT2D eigenvalue weighted by Crippen LogP contribution is 2.01. The minimum Gasteiger partial charge on any atom is -0.333 e. The Morgan fingerprint density at radius 2 is 2.20 bits per heavy atom. The number of nitrogens with zero attached hydrogens (tertiary/aromatic N) is 1. The summed E-state index contributed by atoms with van der Waals surface area (Å²) in [4.78, 5) is 24.8. The lowest BCUT2D eigenvalue weighted by Gasteiger charge is -2.16. The van der Waals surface area contributed by atoms with Gasteiger partial charge in [0.05, 0.1) is 6.07 Å². The van der Waals surface area contributed by atoms with Gasteiger partial charge in [-0.25, -0.2) is 0 Å². The first-order valence-electron chi connectivity index (χ1n) is 4.38. The summed E-state index contributed by atoms with van der Waals surface area (Å²) < 4.78 is 0. The SMILES string of the molecule is CC(C)(C#N)NC(=O)c1cccc(=O)[nH]1. The second kappa shape index (κ2) is 3.96. The number of aromatic amines is 1. The summed E-state index contributed by atoms with van der Waals surface area (Å²) in [5.41, 5.74) is -1.16. The number of hydrogen-bond acceptors (Lipinski definition) is 3. The van der Waals surface area contributed by atoms with Crippen LogP contribution in [0.1, 0.15) is 24.3 Å². The summed E-state index contributed by atoms with van der Waals surface area (Å²) in [5.74, 6) is -0.473. The number of hydrogen-bond donors (Lipinski definition) is 2. The summed E-state index contributed by atoms with van der Waals surface area (Å²) >= 11 is 0. The number of amides is 1. The first-order valence-corrected chi connectivity index (χ1v) is 4.38. The molecule has 0 aliphatic rings. The molecule has 1 aromatic rings. The third-order valence-electron chi connectivity index (χ3n) is 1.72. The van der Waals surface area contributed by atoms with E-state index in [1.165, 1.54) is 18.2 Å². The van der Waals surface area contributed by atoms with Crippen molar-refractivity contribution < 1.29 is 4.79 Å². The number of rotatable bonds is 2. The predicted octanol–water partition coefficient (Wildman–Crippen LogP) is 0.407. The van der Waals surface area contributed by atoms with Crippen LogP contribution in [0.3, 0.4) is 0 Å². The summed E-state index contributed by atoms with van der Waals surface area (Å²) in [6.45, 7) is 3.15. The van der Waals surface area contributed by atoms with Crippen LogP contribution in [0.15, 0.2) is 23.0 Å². The van der Waals surface area contributed by atoms with Gasteiger partial charge in [0.25, 0.3) is 5.91 Å². The van der Waals surface area contributed by atoms with Gasteiger partial charge < -0.3 is 10.3 Å². The largest absolute Gasteiger partial charge is 0.333 e. The predicted molar refractivity (Wildman–Crippen MR) is 54.2 cm³/mol. The van der Waals surface area contributed by atoms with Crippen molar-refractivity contribution in [2.24, 2.45) is 0 Å². The Bertz CT molecular complexity index is 468. The molecule has 2 N–H and O–H groups in total. The van der Waals surface area contributed by atoms with Crippen LogP contribution in [0.5, 0.6) is 0 Å². The van der Waals surface area contributed by atoms with E-state index in [4.69, 9.17) is 5.26 Å². The molecule has 0 unspecified atom stereocenters. The fourth-order valence-electron chi connectivity index (χ4n) is 0.959. The molecule has 0 fully saturated rings. The Hall–Kier alpha value is -2.09. The van der Waals surface area contributed by atoms with Gasteiger partial charge >= 0.3 is 0 Å². The number of aromatic nitrogens is 1. The molecule has 5 heteroatoms. The van der Waals surface area contributed by atoms with E-state index in [1.54, 1.807) is 13.8 Å². The van der Waals surface area contributed by atoms with E-state index >= 15 is 0 Å². The highest BCUT2D eigenvalue weighted by Gasteiger charge is 2.20. The van der Waals surface area contributed by atoms with Gasteiger partial charge in [-0.3, -0.25) is 9.59 Å². The molecule has 1 rings (SSSR count). The van der Waals surface area contributed by atoms with Gasteiger partial charge in [-0.1, -0.05) is 6.07 Å². The summed E-state index contributed by atoms with van der Waals surface area (Å²) in [7, 11) is 0. The summed E-state index contributed by atoms with van der Waals surface area (Å²) in [6.07, 6.45) is 0. The van der Waals surface area contributed by atoms with Gasteiger partial charge in [-0.2, -0.15) is 5.26 Å². The summed E-state index contributed by atoms with van der Waals surface area (Å²) in [5, 5.41) is 11.2. The summed E-state index contributed by atoms with van der Waals surface area (Å²) in [6, 6.07) is 6.20. The lowest BCUT2D eigenvalue weighted by molar-refractivity contribution is 0.0924. The van der Waals surface area contributed by atoms with Crippen molar-refractivity contribution in [2.45, 2.75) is 19.4 Å². The van der Waals surface area contributed by atoms with E-state index in [0.29, 0.717) is 0 Å². The maximum atomic E-state index is 11.5. The van der Waals surface area contributed by atoms with Crippen LogP contribution in [0.25, 0.3) is 0 Å². The van der Waals surface area contributed by atoms with Crippen LogP contribution in [-0.2, 0) is 0 Å². The minimum absolute atomic E-state index is 0.144. The van der Waals surface area contributed by atoms with Crippen molar-refractivity contribution in [3.05, 3.63) is 34.2 Å². The fourth-order valence-corrected chi connectivity index (χ4v) is 0.959. The van der Waals surface area contributed by atoms with Gasteiger partial charge in [0.2, 0.25) is 5.56 Å². The fraction of sp³-hybridized carbons (Fsp3) is 0.300. The molecule has 15 heavy (non-hydrogen) atoms. The number of nitrogens with one attached hydrogen (secondary N) is 2. The zero-order valence-electron chi connectivity index (χ0n) is 8.50. The highest BCUT2D eigenvalue weighted by atomic mass is 16.2. The van der Waals surface area contributed by atoms with E-state index in [1.807, 2.05) is 6.07 Å². The topological polar surface area (TPSA) is 85.8 Å². The van der Waals surface area contributed by atoms with Crippen molar-refractivity contribution in [1.82, 2.24) is 10.3 Å².